The van der Waals surface area contributed by atoms with E-state index in [4.69, 9.17) is 10.8 Å². The topological polar surface area (TPSA) is 92.4 Å². The molecule has 0 rings (SSSR count). The second kappa shape index (κ2) is 5.04. The van der Waals surface area contributed by atoms with Crippen LogP contribution in [0.3, 0.4) is 0 Å². The fraction of sp³-hybridized carbons (Fsp3) is 0.833. The van der Waals surface area contributed by atoms with Gasteiger partial charge in [-0.2, -0.15) is 0 Å². The van der Waals surface area contributed by atoms with Gasteiger partial charge < -0.3 is 16.2 Å². The normalized spacial score (nSPS) is 16.2. The molecule has 0 aliphatic heterocycles. The van der Waals surface area contributed by atoms with Crippen LogP contribution in [0.4, 0.5) is 0 Å². The average molecular weight is 244 g/mol. The summed E-state index contributed by atoms with van der Waals surface area (Å²) in [5.41, 5.74) is 4.83. The molecule has 0 bridgehead atoms. The number of nitrogens with two attached hydrogens (primary N) is 1. The van der Waals surface area contributed by atoms with Crippen LogP contribution in [0.2, 0.25) is 0 Å². The van der Waals surface area contributed by atoms with Gasteiger partial charge in [0.05, 0.1) is 6.04 Å². The molecule has 0 heterocycles. The first kappa shape index (κ1) is 15.9. The van der Waals surface area contributed by atoms with Gasteiger partial charge in [0.25, 0.3) is 0 Å². The summed E-state index contributed by atoms with van der Waals surface area (Å²) in [5, 5.41) is 11.6. The second-order valence-corrected chi connectivity index (χ2v) is 6.49. The molecule has 5 heteroatoms. The summed E-state index contributed by atoms with van der Waals surface area (Å²) in [6.45, 7) is 10.8. The Kier molecular flexibility index (Phi) is 4.71. The number of carboxylic acid groups (broad SMARTS) is 1. The summed E-state index contributed by atoms with van der Waals surface area (Å²) in [4.78, 5) is 23.0. The van der Waals surface area contributed by atoms with Gasteiger partial charge in [-0.15, -0.1) is 0 Å². The fourth-order valence-electron chi connectivity index (χ4n) is 1.27. The third-order valence-corrected chi connectivity index (χ3v) is 2.62. The highest BCUT2D eigenvalue weighted by atomic mass is 16.4. The molecule has 0 spiro atoms. The lowest BCUT2D eigenvalue weighted by atomic mass is 9.84. The van der Waals surface area contributed by atoms with Crippen molar-refractivity contribution in [2.45, 2.75) is 53.6 Å². The Morgan fingerprint density at radius 2 is 1.47 bits per heavy atom. The third-order valence-electron chi connectivity index (χ3n) is 2.62. The van der Waals surface area contributed by atoms with Crippen LogP contribution in [0.15, 0.2) is 0 Å². The van der Waals surface area contributed by atoms with Crippen LogP contribution in [-0.2, 0) is 9.59 Å². The molecule has 2 atom stereocenters. The summed E-state index contributed by atoms with van der Waals surface area (Å²) in [5.74, 6) is -1.48. The quantitative estimate of drug-likeness (QED) is 0.690. The molecular weight excluding hydrogens is 220 g/mol. The Labute approximate surface area is 103 Å². The van der Waals surface area contributed by atoms with E-state index >= 15 is 0 Å². The summed E-state index contributed by atoms with van der Waals surface area (Å²) in [7, 11) is 0. The second-order valence-electron chi connectivity index (χ2n) is 6.49. The van der Waals surface area contributed by atoms with E-state index in [0.717, 1.165) is 0 Å². The van der Waals surface area contributed by atoms with Gasteiger partial charge >= 0.3 is 5.97 Å². The zero-order chi connectivity index (χ0) is 14.0. The molecule has 1 amide bonds. The minimum absolute atomic E-state index is 0.398. The standard InChI is InChI=1S/C12H24N2O3/c1-11(2,3)7(13)9(15)14-8(10(16)17)12(4,5)6/h7-8H,13H2,1-6H3,(H,14,15)(H,16,17)/t7-,8-/m1/s1. The first-order valence-corrected chi connectivity index (χ1v) is 5.66. The van der Waals surface area contributed by atoms with Crippen molar-refractivity contribution in [3.8, 4) is 0 Å². The highest BCUT2D eigenvalue weighted by Gasteiger charge is 2.36. The number of amides is 1. The first-order chi connectivity index (χ1) is 7.37. The number of rotatable bonds is 3. The molecule has 0 aliphatic carbocycles. The smallest absolute Gasteiger partial charge is 0.326 e. The van der Waals surface area contributed by atoms with Gasteiger partial charge in [-0.3, -0.25) is 4.79 Å². The Morgan fingerprint density at radius 1 is 1.06 bits per heavy atom. The molecule has 5 nitrogen and oxygen atoms in total. The lowest BCUT2D eigenvalue weighted by Gasteiger charge is -2.32. The van der Waals surface area contributed by atoms with Gasteiger partial charge in [0.2, 0.25) is 5.91 Å². The van der Waals surface area contributed by atoms with Crippen molar-refractivity contribution in [1.82, 2.24) is 5.32 Å². The summed E-state index contributed by atoms with van der Waals surface area (Å²) < 4.78 is 0. The van der Waals surface area contributed by atoms with Crippen molar-refractivity contribution in [1.29, 1.82) is 0 Å². The number of carbonyl (C=O) groups excluding carboxylic acids is 1. The highest BCUT2D eigenvalue weighted by molar-refractivity contribution is 5.87. The van der Waals surface area contributed by atoms with Gasteiger partial charge in [0.15, 0.2) is 0 Å². The van der Waals surface area contributed by atoms with Gasteiger partial charge in [-0.25, -0.2) is 4.79 Å². The van der Waals surface area contributed by atoms with Crippen LogP contribution >= 0.6 is 0 Å². The van der Waals surface area contributed by atoms with E-state index in [0.29, 0.717) is 0 Å². The minimum Gasteiger partial charge on any atom is -0.480 e. The molecule has 0 aliphatic rings. The van der Waals surface area contributed by atoms with Gasteiger partial charge in [0, 0.05) is 0 Å². The number of carbonyl (C=O) groups is 2. The molecule has 100 valence electrons. The van der Waals surface area contributed by atoms with Crippen molar-refractivity contribution in [3.05, 3.63) is 0 Å². The molecule has 0 fully saturated rings. The van der Waals surface area contributed by atoms with Gasteiger partial charge in [0.1, 0.15) is 6.04 Å². The third kappa shape index (κ3) is 4.73. The molecule has 0 saturated carbocycles. The highest BCUT2D eigenvalue weighted by Crippen LogP contribution is 2.21. The van der Waals surface area contributed by atoms with Crippen LogP contribution in [0.5, 0.6) is 0 Å². The number of aliphatic carboxylic acids is 1. The molecule has 0 aromatic rings. The predicted octanol–water partition coefficient (Wildman–Crippen LogP) is 0.975. The van der Waals surface area contributed by atoms with Gasteiger partial charge in [-0.1, -0.05) is 41.5 Å². The molecule has 0 unspecified atom stereocenters. The monoisotopic (exact) mass is 244 g/mol. The maximum absolute atomic E-state index is 11.9. The average Bonchev–Trinajstić information content (AvgIpc) is 2.08. The predicted molar refractivity (Wildman–Crippen MR) is 66.5 cm³/mol. The van der Waals surface area contributed by atoms with E-state index in [1.54, 1.807) is 20.8 Å². The molecule has 0 aromatic heterocycles. The molecule has 17 heavy (non-hydrogen) atoms. The van der Waals surface area contributed by atoms with Crippen LogP contribution in [-0.4, -0.2) is 29.1 Å². The molecule has 0 aromatic carbocycles. The van der Waals surface area contributed by atoms with E-state index in [1.807, 2.05) is 20.8 Å². The van der Waals surface area contributed by atoms with Crippen molar-refractivity contribution >= 4 is 11.9 Å². The minimum atomic E-state index is -1.05. The van der Waals surface area contributed by atoms with Crippen molar-refractivity contribution in [3.63, 3.8) is 0 Å². The Balaban J connectivity index is 4.82. The Bertz CT molecular complexity index is 300. The van der Waals surface area contributed by atoms with Crippen LogP contribution < -0.4 is 11.1 Å². The van der Waals surface area contributed by atoms with E-state index in [1.165, 1.54) is 0 Å². The lowest BCUT2D eigenvalue weighted by molar-refractivity contribution is -0.145. The van der Waals surface area contributed by atoms with Crippen LogP contribution in [0.1, 0.15) is 41.5 Å². The number of hydrogen-bond acceptors (Lipinski definition) is 3. The number of carboxylic acids is 1. The summed E-state index contributed by atoms with van der Waals surface area (Å²) in [6, 6.07) is -1.67. The molecule has 0 radical (unpaired) electrons. The number of nitrogens with one attached hydrogen (secondary N) is 1. The maximum Gasteiger partial charge on any atom is 0.326 e. The zero-order valence-electron chi connectivity index (χ0n) is 11.5. The van der Waals surface area contributed by atoms with Gasteiger partial charge in [-0.05, 0) is 10.8 Å². The van der Waals surface area contributed by atoms with Crippen LogP contribution in [0, 0.1) is 10.8 Å². The van der Waals surface area contributed by atoms with Crippen molar-refractivity contribution in [2.75, 3.05) is 0 Å². The Morgan fingerprint density at radius 3 is 1.71 bits per heavy atom. The van der Waals surface area contributed by atoms with Crippen molar-refractivity contribution < 1.29 is 14.7 Å². The fourth-order valence-corrected chi connectivity index (χ4v) is 1.27. The molecule has 0 saturated heterocycles. The number of hydrogen-bond donors (Lipinski definition) is 3. The van der Waals surface area contributed by atoms with Crippen LogP contribution in [0.25, 0.3) is 0 Å². The van der Waals surface area contributed by atoms with Crippen molar-refractivity contribution in [2.24, 2.45) is 16.6 Å². The molecular formula is C12H24N2O3. The summed E-state index contributed by atoms with van der Waals surface area (Å²) >= 11 is 0. The van der Waals surface area contributed by atoms with E-state index in [9.17, 15) is 9.59 Å². The first-order valence-electron chi connectivity index (χ1n) is 5.66. The molecule has 4 N–H and O–H groups in total. The summed E-state index contributed by atoms with van der Waals surface area (Å²) in [6.07, 6.45) is 0. The van der Waals surface area contributed by atoms with E-state index < -0.39 is 34.8 Å². The largest absolute Gasteiger partial charge is 0.480 e. The SMILES string of the molecule is CC(C)(C)[C@H](N)C(=O)N[C@H](C(=O)O)C(C)(C)C. The van der Waals surface area contributed by atoms with E-state index in [2.05, 4.69) is 5.32 Å². The van der Waals surface area contributed by atoms with E-state index in [-0.39, 0.29) is 0 Å². The zero-order valence-corrected chi connectivity index (χ0v) is 11.5. The lowest BCUT2D eigenvalue weighted by Crippen LogP contribution is -2.56. The maximum atomic E-state index is 11.9. The Hall–Kier alpha value is -1.10.